The van der Waals surface area contributed by atoms with Gasteiger partial charge in [0, 0.05) is 44.0 Å². The molecule has 0 bridgehead atoms. The van der Waals surface area contributed by atoms with Gasteiger partial charge in [0.1, 0.15) is 5.82 Å². The summed E-state index contributed by atoms with van der Waals surface area (Å²) in [6.07, 6.45) is 4.14. The Hall–Kier alpha value is -1.21. The van der Waals surface area contributed by atoms with Crippen molar-refractivity contribution in [3.05, 3.63) is 40.6 Å². The number of hydrogen-bond donors (Lipinski definition) is 1. The molecule has 1 aliphatic rings. The molecular weight excluding hydrogens is 296 g/mol. The molecular formula is C16H24N4OS. The van der Waals surface area contributed by atoms with E-state index in [0.717, 1.165) is 38.6 Å². The molecule has 0 saturated carbocycles. The Bertz CT molecular complexity index is 568. The third-order valence-corrected chi connectivity index (χ3v) is 5.10. The summed E-state index contributed by atoms with van der Waals surface area (Å²) in [4.78, 5) is 8.32. The van der Waals surface area contributed by atoms with Gasteiger partial charge in [0.05, 0.1) is 25.3 Å². The van der Waals surface area contributed by atoms with Crippen LogP contribution in [0, 0.1) is 0 Å². The Kier molecular flexibility index (Phi) is 5.25. The van der Waals surface area contributed by atoms with Gasteiger partial charge < -0.3 is 14.6 Å². The molecule has 0 spiro atoms. The minimum absolute atomic E-state index is 0.311. The Morgan fingerprint density at radius 1 is 1.55 bits per heavy atom. The Balaban J connectivity index is 1.63. The number of nitrogens with one attached hydrogen (secondary N) is 1. The number of rotatable bonds is 6. The second-order valence-electron chi connectivity index (χ2n) is 5.79. The van der Waals surface area contributed by atoms with Gasteiger partial charge in [0.25, 0.3) is 0 Å². The van der Waals surface area contributed by atoms with Crippen molar-refractivity contribution in [3.8, 4) is 0 Å². The van der Waals surface area contributed by atoms with Gasteiger partial charge in [-0.15, -0.1) is 11.3 Å². The standard InChI is InChI=1S/C16H24N4OS/c1-13-12-20(7-8-21-13)14(15-4-3-9-22-15)10-17-11-16-18-5-6-19(16)2/h3-6,9,13-14,17H,7-8,10-12H2,1-2H3/t13-,14+/m0/s1. The van der Waals surface area contributed by atoms with E-state index in [1.165, 1.54) is 4.88 Å². The molecule has 5 nitrogen and oxygen atoms in total. The highest BCUT2D eigenvalue weighted by atomic mass is 32.1. The number of morpholine rings is 1. The van der Waals surface area contributed by atoms with E-state index in [1.54, 1.807) is 0 Å². The molecule has 2 atom stereocenters. The lowest BCUT2D eigenvalue weighted by molar-refractivity contribution is -0.0340. The molecule has 1 fully saturated rings. The topological polar surface area (TPSA) is 42.3 Å². The molecule has 3 rings (SSSR count). The summed E-state index contributed by atoms with van der Waals surface area (Å²) >= 11 is 1.83. The Morgan fingerprint density at radius 3 is 3.14 bits per heavy atom. The molecule has 2 aromatic rings. The van der Waals surface area contributed by atoms with Crippen LogP contribution in [0.1, 0.15) is 23.7 Å². The van der Waals surface area contributed by atoms with E-state index < -0.39 is 0 Å². The molecule has 0 aliphatic carbocycles. The second-order valence-corrected chi connectivity index (χ2v) is 6.77. The summed E-state index contributed by atoms with van der Waals surface area (Å²) in [5.41, 5.74) is 0. The molecule has 1 N–H and O–H groups in total. The summed E-state index contributed by atoms with van der Waals surface area (Å²) < 4.78 is 7.74. The van der Waals surface area contributed by atoms with Crippen molar-refractivity contribution in [2.75, 3.05) is 26.2 Å². The van der Waals surface area contributed by atoms with Crippen LogP contribution in [0.3, 0.4) is 0 Å². The minimum Gasteiger partial charge on any atom is -0.376 e. The largest absolute Gasteiger partial charge is 0.376 e. The maximum atomic E-state index is 5.68. The van der Waals surface area contributed by atoms with E-state index in [4.69, 9.17) is 4.74 Å². The van der Waals surface area contributed by atoms with Gasteiger partial charge in [0.15, 0.2) is 0 Å². The van der Waals surface area contributed by atoms with Crippen molar-refractivity contribution >= 4 is 11.3 Å². The highest BCUT2D eigenvalue weighted by Crippen LogP contribution is 2.26. The first-order chi connectivity index (χ1) is 10.7. The number of ether oxygens (including phenoxy) is 1. The molecule has 22 heavy (non-hydrogen) atoms. The Labute approximate surface area is 135 Å². The minimum atomic E-state index is 0.311. The molecule has 0 radical (unpaired) electrons. The van der Waals surface area contributed by atoms with Crippen molar-refractivity contribution in [2.24, 2.45) is 7.05 Å². The number of aromatic nitrogens is 2. The summed E-state index contributed by atoms with van der Waals surface area (Å²) in [6.45, 7) is 6.69. The number of thiophene rings is 1. The molecule has 0 amide bonds. The summed E-state index contributed by atoms with van der Waals surface area (Å²) in [7, 11) is 2.03. The van der Waals surface area contributed by atoms with Crippen molar-refractivity contribution in [1.29, 1.82) is 0 Å². The number of imidazole rings is 1. The predicted molar refractivity (Wildman–Crippen MR) is 89.0 cm³/mol. The average molecular weight is 320 g/mol. The van der Waals surface area contributed by atoms with E-state index in [1.807, 2.05) is 30.8 Å². The Morgan fingerprint density at radius 2 is 2.45 bits per heavy atom. The first-order valence-corrected chi connectivity index (χ1v) is 8.68. The van der Waals surface area contributed by atoms with Gasteiger partial charge in [-0.2, -0.15) is 0 Å². The van der Waals surface area contributed by atoms with E-state index >= 15 is 0 Å². The third-order valence-electron chi connectivity index (χ3n) is 4.13. The fourth-order valence-corrected chi connectivity index (χ4v) is 3.77. The van der Waals surface area contributed by atoms with Gasteiger partial charge in [-0.3, -0.25) is 4.90 Å². The molecule has 1 saturated heterocycles. The van der Waals surface area contributed by atoms with E-state index in [9.17, 15) is 0 Å². The lowest BCUT2D eigenvalue weighted by Gasteiger charge is -2.37. The first-order valence-electron chi connectivity index (χ1n) is 7.80. The molecule has 6 heteroatoms. The quantitative estimate of drug-likeness (QED) is 0.884. The van der Waals surface area contributed by atoms with Crippen LogP contribution in [0.4, 0.5) is 0 Å². The van der Waals surface area contributed by atoms with E-state index in [0.29, 0.717) is 12.1 Å². The normalized spacial score (nSPS) is 21.1. The highest BCUT2D eigenvalue weighted by molar-refractivity contribution is 7.10. The maximum Gasteiger partial charge on any atom is 0.122 e. The molecule has 3 heterocycles. The highest BCUT2D eigenvalue weighted by Gasteiger charge is 2.26. The molecule has 120 valence electrons. The van der Waals surface area contributed by atoms with Crippen LogP contribution in [-0.2, 0) is 18.3 Å². The zero-order valence-electron chi connectivity index (χ0n) is 13.2. The predicted octanol–water partition coefficient (Wildman–Crippen LogP) is 2.03. The van der Waals surface area contributed by atoms with Crippen LogP contribution in [-0.4, -0.2) is 46.8 Å². The molecule has 1 aliphatic heterocycles. The van der Waals surface area contributed by atoms with Crippen molar-refractivity contribution < 1.29 is 4.74 Å². The zero-order valence-corrected chi connectivity index (χ0v) is 14.1. The van der Waals surface area contributed by atoms with Crippen LogP contribution in [0.25, 0.3) is 0 Å². The van der Waals surface area contributed by atoms with E-state index in [2.05, 4.69) is 44.2 Å². The fraction of sp³-hybridized carbons (Fsp3) is 0.562. The van der Waals surface area contributed by atoms with Gasteiger partial charge >= 0.3 is 0 Å². The van der Waals surface area contributed by atoms with Gasteiger partial charge in [-0.1, -0.05) is 6.07 Å². The molecule has 0 aromatic carbocycles. The fourth-order valence-electron chi connectivity index (χ4n) is 2.91. The van der Waals surface area contributed by atoms with Crippen molar-refractivity contribution in [2.45, 2.75) is 25.6 Å². The van der Waals surface area contributed by atoms with Gasteiger partial charge in [-0.05, 0) is 18.4 Å². The zero-order chi connectivity index (χ0) is 15.4. The lowest BCUT2D eigenvalue weighted by atomic mass is 10.1. The van der Waals surface area contributed by atoms with Crippen LogP contribution < -0.4 is 5.32 Å². The van der Waals surface area contributed by atoms with Crippen LogP contribution in [0.15, 0.2) is 29.9 Å². The van der Waals surface area contributed by atoms with Gasteiger partial charge in [-0.25, -0.2) is 4.98 Å². The SMILES string of the molecule is C[C@H]1CN([C@H](CNCc2nccn2C)c2cccs2)CCO1. The summed E-state index contributed by atoms with van der Waals surface area (Å²) in [6, 6.07) is 4.78. The number of aryl methyl sites for hydroxylation is 1. The van der Waals surface area contributed by atoms with Crippen LogP contribution >= 0.6 is 11.3 Å². The van der Waals surface area contributed by atoms with E-state index in [-0.39, 0.29) is 0 Å². The van der Waals surface area contributed by atoms with Crippen molar-refractivity contribution in [3.63, 3.8) is 0 Å². The third kappa shape index (κ3) is 3.76. The molecule has 0 unspecified atom stereocenters. The van der Waals surface area contributed by atoms with Gasteiger partial charge in [0.2, 0.25) is 0 Å². The van der Waals surface area contributed by atoms with Crippen molar-refractivity contribution in [1.82, 2.24) is 19.8 Å². The number of nitrogens with zero attached hydrogens (tertiary/aromatic N) is 3. The smallest absolute Gasteiger partial charge is 0.122 e. The number of hydrogen-bond acceptors (Lipinski definition) is 5. The molecule has 2 aromatic heterocycles. The summed E-state index contributed by atoms with van der Waals surface area (Å²) in [5.74, 6) is 1.07. The maximum absolute atomic E-state index is 5.68. The summed E-state index contributed by atoms with van der Waals surface area (Å²) in [5, 5.41) is 5.73. The first kappa shape index (κ1) is 15.7. The average Bonchev–Trinajstić information content (AvgIpc) is 3.16. The lowest BCUT2D eigenvalue weighted by Crippen LogP contribution is -2.45. The second kappa shape index (κ2) is 7.37. The van der Waals surface area contributed by atoms with Crippen LogP contribution in [0.5, 0.6) is 0 Å². The van der Waals surface area contributed by atoms with Crippen LogP contribution in [0.2, 0.25) is 0 Å². The monoisotopic (exact) mass is 320 g/mol.